The average molecular weight is 294 g/mol. The SMILES string of the molecule is CC.CN1CCN(C2c3ccccc3-c3ccccc32)CC1. The topological polar surface area (TPSA) is 6.48 Å². The van der Waals surface area contributed by atoms with Gasteiger partial charge in [0.25, 0.3) is 0 Å². The lowest BCUT2D eigenvalue weighted by Gasteiger charge is -2.37. The molecule has 0 spiro atoms. The standard InChI is InChI=1S/C18H20N2.C2H6/c1-19-10-12-20(13-11-19)18-16-8-4-2-6-14(16)15-7-3-5-9-17(15)18;1-2/h2-9,18H,10-13H2,1H3;1-2H3. The summed E-state index contributed by atoms with van der Waals surface area (Å²) in [7, 11) is 2.22. The van der Waals surface area contributed by atoms with Crippen LogP contribution in [0, 0.1) is 0 Å². The van der Waals surface area contributed by atoms with E-state index in [1.165, 1.54) is 35.3 Å². The van der Waals surface area contributed by atoms with E-state index in [4.69, 9.17) is 0 Å². The number of fused-ring (bicyclic) bond motifs is 3. The zero-order valence-electron chi connectivity index (χ0n) is 13.9. The largest absolute Gasteiger partial charge is 0.304 e. The van der Waals surface area contributed by atoms with Crippen molar-refractivity contribution >= 4 is 0 Å². The summed E-state index contributed by atoms with van der Waals surface area (Å²) in [5.41, 5.74) is 5.82. The maximum absolute atomic E-state index is 2.64. The minimum Gasteiger partial charge on any atom is -0.304 e. The van der Waals surface area contributed by atoms with Crippen molar-refractivity contribution in [1.82, 2.24) is 9.80 Å². The third-order valence-corrected chi connectivity index (χ3v) is 4.70. The highest BCUT2D eigenvalue weighted by molar-refractivity contribution is 5.78. The van der Waals surface area contributed by atoms with E-state index in [-0.39, 0.29) is 0 Å². The van der Waals surface area contributed by atoms with Gasteiger partial charge in [-0.05, 0) is 29.3 Å². The maximum Gasteiger partial charge on any atom is 0.0614 e. The summed E-state index contributed by atoms with van der Waals surface area (Å²) in [6.07, 6.45) is 0. The first-order valence-corrected chi connectivity index (χ1v) is 8.45. The molecular weight excluding hydrogens is 268 g/mol. The van der Waals surface area contributed by atoms with E-state index in [2.05, 4.69) is 65.4 Å². The molecule has 2 heteroatoms. The molecule has 0 saturated carbocycles. The fraction of sp³-hybridized carbons (Fsp3) is 0.400. The fourth-order valence-electron chi connectivity index (χ4n) is 3.60. The predicted molar refractivity (Wildman–Crippen MR) is 94.1 cm³/mol. The first-order chi connectivity index (χ1) is 10.8. The molecule has 0 N–H and O–H groups in total. The molecule has 0 aromatic heterocycles. The van der Waals surface area contributed by atoms with E-state index in [9.17, 15) is 0 Å². The van der Waals surface area contributed by atoms with Crippen molar-refractivity contribution in [1.29, 1.82) is 0 Å². The van der Waals surface area contributed by atoms with E-state index in [0.717, 1.165) is 13.1 Å². The normalized spacial score (nSPS) is 18.3. The highest BCUT2D eigenvalue weighted by Gasteiger charge is 2.33. The number of piperazine rings is 1. The highest BCUT2D eigenvalue weighted by Crippen LogP contribution is 2.46. The van der Waals surface area contributed by atoms with Crippen LogP contribution in [0.1, 0.15) is 31.0 Å². The Morgan fingerprint density at radius 1 is 0.727 bits per heavy atom. The molecule has 1 saturated heterocycles. The van der Waals surface area contributed by atoms with Crippen molar-refractivity contribution < 1.29 is 0 Å². The Hall–Kier alpha value is -1.64. The number of benzene rings is 2. The number of rotatable bonds is 1. The van der Waals surface area contributed by atoms with Gasteiger partial charge in [0.05, 0.1) is 6.04 Å². The van der Waals surface area contributed by atoms with Crippen LogP contribution in [-0.4, -0.2) is 43.0 Å². The van der Waals surface area contributed by atoms with Crippen LogP contribution < -0.4 is 0 Å². The van der Waals surface area contributed by atoms with Crippen LogP contribution in [0.4, 0.5) is 0 Å². The minimum atomic E-state index is 0.455. The molecule has 1 heterocycles. The Labute approximate surface area is 134 Å². The summed E-state index contributed by atoms with van der Waals surface area (Å²) in [6.45, 7) is 8.65. The summed E-state index contributed by atoms with van der Waals surface area (Å²) >= 11 is 0. The lowest BCUT2D eigenvalue weighted by Crippen LogP contribution is -2.45. The predicted octanol–water partition coefficient (Wildman–Crippen LogP) is 4.03. The summed E-state index contributed by atoms with van der Waals surface area (Å²) in [4.78, 5) is 5.06. The van der Waals surface area contributed by atoms with E-state index in [1.54, 1.807) is 0 Å². The number of nitrogens with zero attached hydrogens (tertiary/aromatic N) is 2. The molecule has 2 aliphatic rings. The average Bonchev–Trinajstić information content (AvgIpc) is 2.92. The van der Waals surface area contributed by atoms with Crippen molar-refractivity contribution in [2.45, 2.75) is 19.9 Å². The Kier molecular flexibility index (Phi) is 4.60. The highest BCUT2D eigenvalue weighted by atomic mass is 15.3. The Balaban J connectivity index is 0.000000693. The summed E-state index contributed by atoms with van der Waals surface area (Å²) in [5.74, 6) is 0. The van der Waals surface area contributed by atoms with Gasteiger partial charge in [0, 0.05) is 26.2 Å². The first-order valence-electron chi connectivity index (χ1n) is 8.45. The van der Waals surface area contributed by atoms with Crippen LogP contribution >= 0.6 is 0 Å². The Bertz CT molecular complexity index is 582. The minimum absolute atomic E-state index is 0.455. The zero-order valence-corrected chi connectivity index (χ0v) is 13.9. The number of likely N-dealkylation sites (N-methyl/N-ethyl adjacent to an activating group) is 1. The first kappa shape index (κ1) is 15.3. The molecule has 0 radical (unpaired) electrons. The van der Waals surface area contributed by atoms with Gasteiger partial charge < -0.3 is 4.90 Å². The molecule has 0 unspecified atom stereocenters. The van der Waals surface area contributed by atoms with Gasteiger partial charge in [0.1, 0.15) is 0 Å². The van der Waals surface area contributed by atoms with Crippen LogP contribution in [0.15, 0.2) is 48.5 Å². The molecule has 2 aromatic carbocycles. The van der Waals surface area contributed by atoms with Crippen LogP contribution in [0.3, 0.4) is 0 Å². The molecule has 1 aliphatic heterocycles. The second-order valence-electron chi connectivity index (χ2n) is 5.92. The van der Waals surface area contributed by atoms with E-state index < -0.39 is 0 Å². The van der Waals surface area contributed by atoms with Crippen LogP contribution in [0.5, 0.6) is 0 Å². The number of hydrogen-bond acceptors (Lipinski definition) is 2. The van der Waals surface area contributed by atoms with Gasteiger partial charge >= 0.3 is 0 Å². The van der Waals surface area contributed by atoms with Gasteiger partial charge in [-0.15, -0.1) is 0 Å². The smallest absolute Gasteiger partial charge is 0.0614 e. The molecule has 1 fully saturated rings. The van der Waals surface area contributed by atoms with Crippen LogP contribution in [0.2, 0.25) is 0 Å². The van der Waals surface area contributed by atoms with Crippen molar-refractivity contribution in [3.63, 3.8) is 0 Å². The van der Waals surface area contributed by atoms with Gasteiger partial charge in [0.15, 0.2) is 0 Å². The Morgan fingerprint density at radius 2 is 1.18 bits per heavy atom. The quantitative estimate of drug-likeness (QED) is 0.783. The van der Waals surface area contributed by atoms with Crippen molar-refractivity contribution in [3.05, 3.63) is 59.7 Å². The van der Waals surface area contributed by atoms with Crippen LogP contribution in [0.25, 0.3) is 11.1 Å². The molecule has 2 aromatic rings. The summed E-state index contributed by atoms with van der Waals surface area (Å²) in [5, 5.41) is 0. The van der Waals surface area contributed by atoms with E-state index in [0.29, 0.717) is 6.04 Å². The molecule has 1 aliphatic carbocycles. The van der Waals surface area contributed by atoms with Gasteiger partial charge in [-0.2, -0.15) is 0 Å². The third-order valence-electron chi connectivity index (χ3n) is 4.70. The molecule has 116 valence electrons. The lowest BCUT2D eigenvalue weighted by atomic mass is 10.0. The van der Waals surface area contributed by atoms with Crippen LogP contribution in [-0.2, 0) is 0 Å². The molecular formula is C20H26N2. The monoisotopic (exact) mass is 294 g/mol. The molecule has 22 heavy (non-hydrogen) atoms. The second kappa shape index (κ2) is 6.64. The maximum atomic E-state index is 2.64. The van der Waals surface area contributed by atoms with Crippen molar-refractivity contribution in [3.8, 4) is 11.1 Å². The molecule has 4 rings (SSSR count). The molecule has 2 nitrogen and oxygen atoms in total. The molecule has 0 atom stereocenters. The zero-order chi connectivity index (χ0) is 15.5. The molecule has 0 bridgehead atoms. The second-order valence-corrected chi connectivity index (χ2v) is 5.92. The Morgan fingerprint density at radius 3 is 1.68 bits per heavy atom. The van der Waals surface area contributed by atoms with Crippen molar-refractivity contribution in [2.75, 3.05) is 33.2 Å². The fourth-order valence-corrected chi connectivity index (χ4v) is 3.60. The van der Waals surface area contributed by atoms with Gasteiger partial charge in [0.2, 0.25) is 0 Å². The summed E-state index contributed by atoms with van der Waals surface area (Å²) < 4.78 is 0. The number of hydrogen-bond donors (Lipinski definition) is 0. The van der Waals surface area contributed by atoms with Gasteiger partial charge in [-0.25, -0.2) is 0 Å². The van der Waals surface area contributed by atoms with Crippen molar-refractivity contribution in [2.24, 2.45) is 0 Å². The summed E-state index contributed by atoms with van der Waals surface area (Å²) in [6, 6.07) is 18.3. The van der Waals surface area contributed by atoms with Gasteiger partial charge in [-0.1, -0.05) is 62.4 Å². The van der Waals surface area contributed by atoms with E-state index in [1.807, 2.05) is 13.8 Å². The van der Waals surface area contributed by atoms with E-state index >= 15 is 0 Å². The lowest BCUT2D eigenvalue weighted by molar-refractivity contribution is 0.129. The molecule has 0 amide bonds. The third kappa shape index (κ3) is 2.57. The van der Waals surface area contributed by atoms with Gasteiger partial charge in [-0.3, -0.25) is 4.90 Å².